The Labute approximate surface area is 119 Å². The van der Waals surface area contributed by atoms with Gasteiger partial charge in [-0.3, -0.25) is 0 Å². The van der Waals surface area contributed by atoms with E-state index in [1.165, 1.54) is 11.3 Å². The summed E-state index contributed by atoms with van der Waals surface area (Å²) in [6.45, 7) is 0.855. The van der Waals surface area contributed by atoms with E-state index in [0.29, 0.717) is 0 Å². The van der Waals surface area contributed by atoms with Crippen LogP contribution in [0.5, 0.6) is 0 Å². The quantitative estimate of drug-likeness (QED) is 0.762. The molecule has 0 radical (unpaired) electrons. The fraction of sp³-hybridized carbons (Fsp3) is 0.176. The number of amidine groups is 1. The first-order chi connectivity index (χ1) is 9.75. The van der Waals surface area contributed by atoms with E-state index in [2.05, 4.69) is 48.3 Å². The van der Waals surface area contributed by atoms with Crippen LogP contribution in [0, 0.1) is 0 Å². The van der Waals surface area contributed by atoms with E-state index in [-0.39, 0.29) is 0 Å². The van der Waals surface area contributed by atoms with Gasteiger partial charge in [-0.15, -0.1) is 0 Å². The Balaban J connectivity index is 2.03. The maximum Gasteiger partial charge on any atom is 0.234 e. The smallest absolute Gasteiger partial charge is 0.234 e. The summed E-state index contributed by atoms with van der Waals surface area (Å²) in [5.41, 5.74) is 3.58. The monoisotopic (exact) mass is 264 g/mol. The van der Waals surface area contributed by atoms with Crippen molar-refractivity contribution in [2.45, 2.75) is 0 Å². The standard InChI is InChI=1S/C17H18N3/c1-19-13-16(14-9-5-3-6-10-14)20(2)18-17(19)15-11-7-4-8-12-15/h3-12H,13H2,1-2H3/q+1. The zero-order chi connectivity index (χ0) is 13.9. The molecule has 1 aliphatic heterocycles. The van der Waals surface area contributed by atoms with E-state index in [1.54, 1.807) is 0 Å². The van der Waals surface area contributed by atoms with Gasteiger partial charge in [0.25, 0.3) is 0 Å². The third-order valence-corrected chi connectivity index (χ3v) is 3.52. The molecule has 1 aliphatic rings. The predicted octanol–water partition coefficient (Wildman–Crippen LogP) is 2.43. The first-order valence-electron chi connectivity index (χ1n) is 6.76. The third kappa shape index (κ3) is 2.35. The Hall–Kier alpha value is -2.42. The molecule has 20 heavy (non-hydrogen) atoms. The maximum atomic E-state index is 4.73. The van der Waals surface area contributed by atoms with Crippen LogP contribution in [0.25, 0.3) is 0 Å². The first-order valence-corrected chi connectivity index (χ1v) is 6.76. The van der Waals surface area contributed by atoms with E-state index in [0.717, 1.165) is 17.9 Å². The molecular formula is C17H18N3+. The molecular weight excluding hydrogens is 246 g/mol. The topological polar surface area (TPSA) is 18.6 Å². The zero-order valence-electron chi connectivity index (χ0n) is 11.8. The molecule has 3 nitrogen and oxygen atoms in total. The summed E-state index contributed by atoms with van der Waals surface area (Å²) in [6, 6.07) is 20.7. The van der Waals surface area contributed by atoms with Crippen LogP contribution in [-0.2, 0) is 0 Å². The van der Waals surface area contributed by atoms with Crippen molar-refractivity contribution in [3.8, 4) is 0 Å². The van der Waals surface area contributed by atoms with Crippen LogP contribution in [0.1, 0.15) is 11.1 Å². The molecule has 0 N–H and O–H groups in total. The van der Waals surface area contributed by atoms with Crippen molar-refractivity contribution in [2.24, 2.45) is 5.10 Å². The minimum atomic E-state index is 0.855. The zero-order valence-corrected chi connectivity index (χ0v) is 11.8. The Bertz CT molecular complexity index is 657. The maximum absolute atomic E-state index is 4.73. The van der Waals surface area contributed by atoms with E-state index in [4.69, 9.17) is 5.10 Å². The molecule has 0 amide bonds. The summed E-state index contributed by atoms with van der Waals surface area (Å²) in [7, 11) is 4.10. The second kappa shape index (κ2) is 5.29. The number of rotatable bonds is 2. The SMILES string of the molecule is CN1CC(c2ccccc2)=[N+](C)N=C1c1ccccc1. The van der Waals surface area contributed by atoms with Gasteiger partial charge in [0, 0.05) is 23.3 Å². The molecule has 0 aliphatic carbocycles. The number of likely N-dealkylation sites (N-methyl/N-ethyl adjacent to an activating group) is 1. The summed E-state index contributed by atoms with van der Waals surface area (Å²) in [5, 5.41) is 4.73. The van der Waals surface area contributed by atoms with Crippen LogP contribution in [-0.4, -0.2) is 41.8 Å². The van der Waals surface area contributed by atoms with Gasteiger partial charge < -0.3 is 4.90 Å². The summed E-state index contributed by atoms with van der Waals surface area (Å²) < 4.78 is 1.98. The predicted molar refractivity (Wildman–Crippen MR) is 82.3 cm³/mol. The molecule has 2 aromatic rings. The van der Waals surface area contributed by atoms with Gasteiger partial charge in [-0.1, -0.05) is 53.2 Å². The highest BCUT2D eigenvalue weighted by molar-refractivity contribution is 6.05. The molecule has 0 saturated heterocycles. The molecule has 100 valence electrons. The summed E-state index contributed by atoms with van der Waals surface area (Å²) in [6.07, 6.45) is 0. The lowest BCUT2D eigenvalue weighted by Crippen LogP contribution is -2.40. The van der Waals surface area contributed by atoms with Gasteiger partial charge in [0.1, 0.15) is 6.54 Å². The Morgan fingerprint density at radius 2 is 1.45 bits per heavy atom. The van der Waals surface area contributed by atoms with Gasteiger partial charge in [0.2, 0.25) is 11.5 Å². The highest BCUT2D eigenvalue weighted by Gasteiger charge is 2.26. The lowest BCUT2D eigenvalue weighted by atomic mass is 10.1. The molecule has 0 unspecified atom stereocenters. The molecule has 0 atom stereocenters. The van der Waals surface area contributed by atoms with Crippen molar-refractivity contribution >= 4 is 11.5 Å². The van der Waals surface area contributed by atoms with Crippen LogP contribution >= 0.6 is 0 Å². The van der Waals surface area contributed by atoms with E-state index in [9.17, 15) is 0 Å². The number of hydrogen-bond acceptors (Lipinski definition) is 2. The van der Waals surface area contributed by atoms with Crippen molar-refractivity contribution in [3.05, 3.63) is 71.8 Å². The van der Waals surface area contributed by atoms with Crippen LogP contribution in [0.4, 0.5) is 0 Å². The number of nitrogens with zero attached hydrogens (tertiary/aromatic N) is 3. The Morgan fingerprint density at radius 1 is 0.900 bits per heavy atom. The van der Waals surface area contributed by atoms with Gasteiger partial charge in [-0.2, -0.15) is 0 Å². The van der Waals surface area contributed by atoms with Crippen molar-refractivity contribution in [3.63, 3.8) is 0 Å². The minimum Gasteiger partial charge on any atom is -0.344 e. The number of hydrogen-bond donors (Lipinski definition) is 0. The summed E-state index contributed by atoms with van der Waals surface area (Å²) in [4.78, 5) is 2.19. The van der Waals surface area contributed by atoms with Crippen LogP contribution in [0.2, 0.25) is 0 Å². The van der Waals surface area contributed by atoms with Gasteiger partial charge in [-0.25, -0.2) is 0 Å². The molecule has 0 aromatic heterocycles. The highest BCUT2D eigenvalue weighted by atomic mass is 15.4. The Kier molecular flexibility index (Phi) is 3.33. The number of benzene rings is 2. The van der Waals surface area contributed by atoms with E-state index < -0.39 is 0 Å². The van der Waals surface area contributed by atoms with Gasteiger partial charge in [0.15, 0.2) is 7.05 Å². The highest BCUT2D eigenvalue weighted by Crippen LogP contribution is 2.12. The first kappa shape index (κ1) is 12.6. The van der Waals surface area contributed by atoms with Crippen LogP contribution in [0.15, 0.2) is 65.8 Å². The van der Waals surface area contributed by atoms with E-state index >= 15 is 0 Å². The fourth-order valence-electron chi connectivity index (χ4n) is 2.45. The summed E-state index contributed by atoms with van der Waals surface area (Å²) >= 11 is 0. The average Bonchev–Trinajstić information content (AvgIpc) is 2.51. The third-order valence-electron chi connectivity index (χ3n) is 3.52. The van der Waals surface area contributed by atoms with Gasteiger partial charge >= 0.3 is 0 Å². The molecule has 0 spiro atoms. The fourth-order valence-corrected chi connectivity index (χ4v) is 2.45. The normalized spacial score (nSPS) is 15.3. The lowest BCUT2D eigenvalue weighted by molar-refractivity contribution is -0.505. The second-order valence-corrected chi connectivity index (χ2v) is 4.98. The van der Waals surface area contributed by atoms with Crippen molar-refractivity contribution in [1.29, 1.82) is 0 Å². The van der Waals surface area contributed by atoms with E-state index in [1.807, 2.05) is 36.0 Å². The minimum absolute atomic E-state index is 0.855. The Morgan fingerprint density at radius 3 is 2.05 bits per heavy atom. The largest absolute Gasteiger partial charge is 0.344 e. The molecule has 0 fully saturated rings. The van der Waals surface area contributed by atoms with Crippen molar-refractivity contribution in [2.75, 3.05) is 20.6 Å². The second-order valence-electron chi connectivity index (χ2n) is 4.98. The van der Waals surface area contributed by atoms with Crippen molar-refractivity contribution in [1.82, 2.24) is 4.90 Å². The number of hydrazone groups is 1. The molecule has 2 aromatic carbocycles. The lowest BCUT2D eigenvalue weighted by Gasteiger charge is -2.22. The van der Waals surface area contributed by atoms with Gasteiger partial charge in [-0.05, 0) is 12.1 Å². The molecule has 3 heteroatoms. The molecule has 3 rings (SSSR count). The van der Waals surface area contributed by atoms with Gasteiger partial charge in [0.05, 0.1) is 0 Å². The van der Waals surface area contributed by atoms with Crippen LogP contribution < -0.4 is 0 Å². The average molecular weight is 264 g/mol. The molecule has 0 saturated carbocycles. The molecule has 0 bridgehead atoms. The van der Waals surface area contributed by atoms with Crippen LogP contribution in [0.3, 0.4) is 0 Å². The van der Waals surface area contributed by atoms with Crippen molar-refractivity contribution < 1.29 is 4.68 Å². The summed E-state index contributed by atoms with van der Waals surface area (Å²) in [5.74, 6) is 1.01. The molecule has 1 heterocycles.